The van der Waals surface area contributed by atoms with Gasteiger partial charge in [-0.2, -0.15) is 0 Å². The normalized spacial score (nSPS) is 12.4. The van der Waals surface area contributed by atoms with Gasteiger partial charge < -0.3 is 14.5 Å². The summed E-state index contributed by atoms with van der Waals surface area (Å²) in [5.74, 6) is 2.93. The SMILES string of the molecule is CCc1ccc(C(Cc2cc(C)ccc2OC)NC)o1. The zero-order valence-electron chi connectivity index (χ0n) is 12.7. The van der Waals surface area contributed by atoms with Crippen LogP contribution in [-0.2, 0) is 12.8 Å². The fourth-order valence-electron chi connectivity index (χ4n) is 2.40. The molecule has 20 heavy (non-hydrogen) atoms. The van der Waals surface area contributed by atoms with E-state index in [4.69, 9.17) is 9.15 Å². The Morgan fingerprint density at radius 3 is 2.65 bits per heavy atom. The summed E-state index contributed by atoms with van der Waals surface area (Å²) >= 11 is 0. The Hall–Kier alpha value is -1.74. The Balaban J connectivity index is 2.23. The lowest BCUT2D eigenvalue weighted by Crippen LogP contribution is -2.18. The molecule has 0 amide bonds. The predicted octanol–water partition coefficient (Wildman–Crippen LogP) is 3.66. The van der Waals surface area contributed by atoms with Gasteiger partial charge in [0.25, 0.3) is 0 Å². The van der Waals surface area contributed by atoms with Crippen molar-refractivity contribution in [3.8, 4) is 5.75 Å². The van der Waals surface area contributed by atoms with Crippen LogP contribution in [0, 0.1) is 6.92 Å². The molecule has 3 heteroatoms. The van der Waals surface area contributed by atoms with Crippen molar-refractivity contribution in [2.24, 2.45) is 0 Å². The fourth-order valence-corrected chi connectivity index (χ4v) is 2.40. The third-order valence-corrected chi connectivity index (χ3v) is 3.58. The number of hydrogen-bond acceptors (Lipinski definition) is 3. The largest absolute Gasteiger partial charge is 0.496 e. The van der Waals surface area contributed by atoms with Crippen molar-refractivity contribution in [2.45, 2.75) is 32.7 Å². The van der Waals surface area contributed by atoms with Gasteiger partial charge in [0.05, 0.1) is 13.2 Å². The highest BCUT2D eigenvalue weighted by Gasteiger charge is 2.16. The van der Waals surface area contributed by atoms with E-state index in [0.717, 1.165) is 30.1 Å². The van der Waals surface area contributed by atoms with E-state index in [-0.39, 0.29) is 6.04 Å². The molecule has 0 fully saturated rings. The minimum Gasteiger partial charge on any atom is -0.496 e. The molecule has 0 radical (unpaired) electrons. The van der Waals surface area contributed by atoms with Gasteiger partial charge in [0, 0.05) is 6.42 Å². The zero-order chi connectivity index (χ0) is 14.5. The van der Waals surface area contributed by atoms with Gasteiger partial charge in [-0.05, 0) is 44.2 Å². The molecule has 0 bridgehead atoms. The maximum Gasteiger partial charge on any atom is 0.122 e. The summed E-state index contributed by atoms with van der Waals surface area (Å²) in [6, 6.07) is 10.5. The summed E-state index contributed by atoms with van der Waals surface area (Å²) in [4.78, 5) is 0. The number of hydrogen-bond donors (Lipinski definition) is 1. The minimum atomic E-state index is 0.158. The van der Waals surface area contributed by atoms with E-state index < -0.39 is 0 Å². The third kappa shape index (κ3) is 3.23. The van der Waals surface area contributed by atoms with E-state index in [1.54, 1.807) is 7.11 Å². The molecule has 0 saturated carbocycles. The monoisotopic (exact) mass is 273 g/mol. The quantitative estimate of drug-likeness (QED) is 0.872. The lowest BCUT2D eigenvalue weighted by Gasteiger charge is -2.16. The van der Waals surface area contributed by atoms with Gasteiger partial charge >= 0.3 is 0 Å². The van der Waals surface area contributed by atoms with Crippen molar-refractivity contribution < 1.29 is 9.15 Å². The Labute approximate surface area is 121 Å². The average Bonchev–Trinajstić information content (AvgIpc) is 2.93. The number of rotatable bonds is 6. The molecule has 1 aromatic heterocycles. The zero-order valence-corrected chi connectivity index (χ0v) is 12.7. The first-order valence-electron chi connectivity index (χ1n) is 7.07. The molecule has 0 aliphatic rings. The van der Waals surface area contributed by atoms with E-state index >= 15 is 0 Å². The minimum absolute atomic E-state index is 0.158. The second-order valence-electron chi connectivity index (χ2n) is 5.02. The van der Waals surface area contributed by atoms with Crippen molar-refractivity contribution in [3.05, 3.63) is 53.0 Å². The highest BCUT2D eigenvalue weighted by molar-refractivity contribution is 5.38. The van der Waals surface area contributed by atoms with Crippen molar-refractivity contribution in [1.82, 2.24) is 5.32 Å². The Bertz CT molecular complexity index is 560. The molecule has 1 unspecified atom stereocenters. The van der Waals surface area contributed by atoms with Crippen LogP contribution in [0.2, 0.25) is 0 Å². The van der Waals surface area contributed by atoms with Gasteiger partial charge in [-0.15, -0.1) is 0 Å². The molecule has 1 aromatic carbocycles. The molecule has 2 rings (SSSR count). The molecular formula is C17H23NO2. The van der Waals surface area contributed by atoms with Crippen LogP contribution in [0.25, 0.3) is 0 Å². The highest BCUT2D eigenvalue weighted by Crippen LogP contribution is 2.27. The summed E-state index contributed by atoms with van der Waals surface area (Å²) in [6.07, 6.45) is 1.77. The van der Waals surface area contributed by atoms with Gasteiger partial charge in [0.15, 0.2) is 0 Å². The summed E-state index contributed by atoms with van der Waals surface area (Å²) in [6.45, 7) is 4.19. The van der Waals surface area contributed by atoms with Gasteiger partial charge in [-0.25, -0.2) is 0 Å². The highest BCUT2D eigenvalue weighted by atomic mass is 16.5. The maximum atomic E-state index is 5.86. The lowest BCUT2D eigenvalue weighted by atomic mass is 10.0. The maximum absolute atomic E-state index is 5.86. The molecule has 1 atom stereocenters. The molecule has 0 aliphatic carbocycles. The van der Waals surface area contributed by atoms with Crippen molar-refractivity contribution in [1.29, 1.82) is 0 Å². The second-order valence-corrected chi connectivity index (χ2v) is 5.02. The molecule has 0 spiro atoms. The van der Waals surface area contributed by atoms with E-state index in [9.17, 15) is 0 Å². The van der Waals surface area contributed by atoms with Crippen LogP contribution >= 0.6 is 0 Å². The van der Waals surface area contributed by atoms with Gasteiger partial charge in [0.1, 0.15) is 17.3 Å². The van der Waals surface area contributed by atoms with Crippen LogP contribution in [0.15, 0.2) is 34.7 Å². The number of benzene rings is 1. The number of furan rings is 1. The van der Waals surface area contributed by atoms with Gasteiger partial charge in [0.2, 0.25) is 0 Å². The Kier molecular flexibility index (Phi) is 4.85. The Morgan fingerprint density at radius 2 is 2.05 bits per heavy atom. The van der Waals surface area contributed by atoms with Crippen LogP contribution < -0.4 is 10.1 Å². The molecule has 1 heterocycles. The summed E-state index contributed by atoms with van der Waals surface area (Å²) < 4.78 is 11.3. The first-order chi connectivity index (χ1) is 9.67. The molecule has 1 N–H and O–H groups in total. The van der Waals surface area contributed by atoms with Crippen molar-refractivity contribution in [3.63, 3.8) is 0 Å². The van der Waals surface area contributed by atoms with Crippen LogP contribution in [0.5, 0.6) is 5.75 Å². The van der Waals surface area contributed by atoms with E-state index in [2.05, 4.69) is 37.4 Å². The smallest absolute Gasteiger partial charge is 0.122 e. The summed E-state index contributed by atoms with van der Waals surface area (Å²) in [5, 5.41) is 3.33. The molecule has 0 aliphatic heterocycles. The van der Waals surface area contributed by atoms with Gasteiger partial charge in [-0.1, -0.05) is 24.6 Å². The van der Waals surface area contributed by atoms with Crippen LogP contribution in [0.4, 0.5) is 0 Å². The first kappa shape index (κ1) is 14.7. The topological polar surface area (TPSA) is 34.4 Å². The summed E-state index contributed by atoms with van der Waals surface area (Å²) in [7, 11) is 3.67. The van der Waals surface area contributed by atoms with Crippen molar-refractivity contribution >= 4 is 0 Å². The molecular weight excluding hydrogens is 250 g/mol. The molecule has 2 aromatic rings. The summed E-state index contributed by atoms with van der Waals surface area (Å²) in [5.41, 5.74) is 2.44. The number of methoxy groups -OCH3 is 1. The molecule has 108 valence electrons. The number of nitrogens with one attached hydrogen (secondary N) is 1. The van der Waals surface area contributed by atoms with E-state index in [1.165, 1.54) is 11.1 Å². The van der Waals surface area contributed by atoms with Gasteiger partial charge in [-0.3, -0.25) is 0 Å². The van der Waals surface area contributed by atoms with Crippen LogP contribution in [0.1, 0.15) is 35.6 Å². The lowest BCUT2D eigenvalue weighted by molar-refractivity contribution is 0.389. The van der Waals surface area contributed by atoms with Crippen molar-refractivity contribution in [2.75, 3.05) is 14.2 Å². The van der Waals surface area contributed by atoms with E-state index in [0.29, 0.717) is 0 Å². The number of likely N-dealkylation sites (N-methyl/N-ethyl adjacent to an activating group) is 1. The van der Waals surface area contributed by atoms with E-state index in [1.807, 2.05) is 19.2 Å². The average molecular weight is 273 g/mol. The third-order valence-electron chi connectivity index (χ3n) is 3.58. The fraction of sp³-hybridized carbons (Fsp3) is 0.412. The molecule has 0 saturated heterocycles. The molecule has 3 nitrogen and oxygen atoms in total. The van der Waals surface area contributed by atoms with Crippen LogP contribution in [-0.4, -0.2) is 14.2 Å². The Morgan fingerprint density at radius 1 is 1.25 bits per heavy atom. The number of aryl methyl sites for hydroxylation is 2. The first-order valence-corrected chi connectivity index (χ1v) is 7.07. The number of ether oxygens (including phenoxy) is 1. The predicted molar refractivity (Wildman–Crippen MR) is 81.3 cm³/mol. The standard InChI is InChI=1S/C17H23NO2/c1-5-14-7-9-17(20-14)15(18-3)11-13-10-12(2)6-8-16(13)19-4/h6-10,15,18H,5,11H2,1-4H3. The van der Waals surface area contributed by atoms with Crippen LogP contribution in [0.3, 0.4) is 0 Å². The second kappa shape index (κ2) is 6.62.